The summed E-state index contributed by atoms with van der Waals surface area (Å²) in [4.78, 5) is 12.1. The zero-order valence-electron chi connectivity index (χ0n) is 12.5. The summed E-state index contributed by atoms with van der Waals surface area (Å²) in [6, 6.07) is 7.45. The average molecular weight is 343 g/mol. The number of nitrogens with two attached hydrogens (primary N) is 1. The van der Waals surface area contributed by atoms with Crippen molar-refractivity contribution in [2.45, 2.75) is 26.3 Å². The van der Waals surface area contributed by atoms with E-state index in [0.29, 0.717) is 17.1 Å². The van der Waals surface area contributed by atoms with Crippen molar-refractivity contribution < 1.29 is 4.79 Å². The molecule has 22 heavy (non-hydrogen) atoms. The number of hydrogen-bond donors (Lipinski definition) is 2. The molecule has 2 rings (SSSR count). The molecule has 1 atom stereocenters. The molecule has 0 aliphatic carbocycles. The van der Waals surface area contributed by atoms with E-state index in [4.69, 9.17) is 17.3 Å². The molecule has 1 aromatic heterocycles. The van der Waals surface area contributed by atoms with Gasteiger partial charge in [-0.1, -0.05) is 23.7 Å². The Balaban J connectivity index is 0.00000242. The molecule has 1 unspecified atom stereocenters. The van der Waals surface area contributed by atoms with E-state index < -0.39 is 0 Å². The summed E-state index contributed by atoms with van der Waals surface area (Å²) in [6.07, 6.45) is 2.29. The monoisotopic (exact) mass is 342 g/mol. The molecule has 120 valence electrons. The van der Waals surface area contributed by atoms with Crippen LogP contribution in [0.2, 0.25) is 5.02 Å². The van der Waals surface area contributed by atoms with Gasteiger partial charge in [-0.25, -0.2) is 4.68 Å². The molecule has 0 fully saturated rings. The third kappa shape index (κ3) is 4.22. The van der Waals surface area contributed by atoms with Crippen molar-refractivity contribution in [2.24, 2.45) is 5.73 Å². The maximum Gasteiger partial charge on any atom is 0.254 e. The second-order valence-corrected chi connectivity index (χ2v) is 5.44. The van der Waals surface area contributed by atoms with Gasteiger partial charge in [0.25, 0.3) is 5.91 Å². The third-order valence-electron chi connectivity index (χ3n) is 3.22. The Morgan fingerprint density at radius 1 is 1.45 bits per heavy atom. The first-order valence-electron chi connectivity index (χ1n) is 6.84. The van der Waals surface area contributed by atoms with Crippen molar-refractivity contribution in [3.05, 3.63) is 46.7 Å². The number of carbonyl (C=O) groups excluding carboxylic acids is 1. The molecule has 2 aromatic rings. The van der Waals surface area contributed by atoms with E-state index in [0.717, 1.165) is 17.8 Å². The van der Waals surface area contributed by atoms with Crippen LogP contribution in [0.3, 0.4) is 0 Å². The van der Waals surface area contributed by atoms with Crippen LogP contribution in [0.5, 0.6) is 0 Å². The second kappa shape index (κ2) is 8.17. The van der Waals surface area contributed by atoms with E-state index in [1.807, 2.05) is 32.0 Å². The Bertz CT molecular complexity index is 640. The predicted molar refractivity (Wildman–Crippen MR) is 91.2 cm³/mol. The minimum Gasteiger partial charge on any atom is -0.352 e. The lowest BCUT2D eigenvalue weighted by Gasteiger charge is -2.08. The summed E-state index contributed by atoms with van der Waals surface area (Å²) in [5.41, 5.74) is 7.71. The highest BCUT2D eigenvalue weighted by Gasteiger charge is 2.15. The normalized spacial score (nSPS) is 11.6. The van der Waals surface area contributed by atoms with Gasteiger partial charge in [-0.15, -0.1) is 12.4 Å². The van der Waals surface area contributed by atoms with Crippen molar-refractivity contribution in [3.63, 3.8) is 0 Å². The van der Waals surface area contributed by atoms with Crippen molar-refractivity contribution in [1.29, 1.82) is 0 Å². The lowest BCUT2D eigenvalue weighted by molar-refractivity contribution is 0.0952. The third-order valence-corrected chi connectivity index (χ3v) is 3.54. The smallest absolute Gasteiger partial charge is 0.254 e. The largest absolute Gasteiger partial charge is 0.352 e. The maximum atomic E-state index is 12.1. The summed E-state index contributed by atoms with van der Waals surface area (Å²) in [6.45, 7) is 4.30. The van der Waals surface area contributed by atoms with E-state index >= 15 is 0 Å². The first-order valence-corrected chi connectivity index (χ1v) is 7.21. The van der Waals surface area contributed by atoms with E-state index in [9.17, 15) is 4.79 Å². The molecule has 0 aliphatic heterocycles. The number of amides is 1. The van der Waals surface area contributed by atoms with Gasteiger partial charge in [0.1, 0.15) is 0 Å². The van der Waals surface area contributed by atoms with Crippen LogP contribution in [0.15, 0.2) is 30.5 Å². The van der Waals surface area contributed by atoms with E-state index in [1.54, 1.807) is 16.9 Å². The van der Waals surface area contributed by atoms with E-state index in [-0.39, 0.29) is 24.4 Å². The van der Waals surface area contributed by atoms with Crippen molar-refractivity contribution in [1.82, 2.24) is 15.1 Å². The molecule has 0 saturated carbocycles. The molecular formula is C15H20Cl2N4O. The van der Waals surface area contributed by atoms with Gasteiger partial charge in [0.2, 0.25) is 0 Å². The van der Waals surface area contributed by atoms with Gasteiger partial charge in [-0.3, -0.25) is 4.79 Å². The molecule has 3 N–H and O–H groups in total. The van der Waals surface area contributed by atoms with Gasteiger partial charge in [0.05, 0.1) is 28.2 Å². The molecule has 0 radical (unpaired) electrons. The van der Waals surface area contributed by atoms with Crippen LogP contribution >= 0.6 is 24.0 Å². The quantitative estimate of drug-likeness (QED) is 0.877. The minimum atomic E-state index is -0.147. The number of benzene rings is 1. The molecule has 0 saturated heterocycles. The van der Waals surface area contributed by atoms with Crippen LogP contribution in [0.4, 0.5) is 0 Å². The van der Waals surface area contributed by atoms with Crippen LogP contribution in [-0.2, 0) is 0 Å². The predicted octanol–water partition coefficient (Wildman–Crippen LogP) is 2.72. The Morgan fingerprint density at radius 2 is 2.14 bits per heavy atom. The van der Waals surface area contributed by atoms with Crippen molar-refractivity contribution in [2.75, 3.05) is 6.54 Å². The molecule has 0 bridgehead atoms. The number of halogens is 2. The number of rotatable bonds is 5. The Labute approximate surface area is 141 Å². The van der Waals surface area contributed by atoms with Crippen LogP contribution in [0, 0.1) is 6.92 Å². The van der Waals surface area contributed by atoms with Gasteiger partial charge >= 0.3 is 0 Å². The lowest BCUT2D eigenvalue weighted by Crippen LogP contribution is -2.29. The molecule has 5 nitrogen and oxygen atoms in total. The van der Waals surface area contributed by atoms with Crippen molar-refractivity contribution in [3.8, 4) is 5.69 Å². The fourth-order valence-electron chi connectivity index (χ4n) is 2.01. The first kappa shape index (κ1) is 18.5. The number of para-hydroxylation sites is 1. The number of nitrogens with zero attached hydrogens (tertiary/aromatic N) is 2. The highest BCUT2D eigenvalue weighted by atomic mass is 35.5. The summed E-state index contributed by atoms with van der Waals surface area (Å²) in [5.74, 6) is -0.147. The summed E-state index contributed by atoms with van der Waals surface area (Å²) >= 11 is 6.16. The zero-order valence-corrected chi connectivity index (χ0v) is 14.1. The maximum absolute atomic E-state index is 12.1. The molecule has 1 amide bonds. The van der Waals surface area contributed by atoms with Crippen LogP contribution in [0.1, 0.15) is 29.4 Å². The number of hydrogen-bond acceptors (Lipinski definition) is 3. The van der Waals surface area contributed by atoms with Crippen LogP contribution < -0.4 is 11.1 Å². The number of aromatic nitrogens is 2. The fraction of sp³-hybridized carbons (Fsp3) is 0.333. The Kier molecular flexibility index (Phi) is 6.87. The standard InChI is InChI=1S/C15H19ClN4O.ClH/c1-10(17)7-8-18-15(21)12-9-19-20(11(12)2)14-6-4-3-5-13(14)16;/h3-6,9-10H,7-8,17H2,1-2H3,(H,18,21);1H. The molecule has 0 aliphatic rings. The number of nitrogens with one attached hydrogen (secondary N) is 1. The molecule has 1 heterocycles. The average Bonchev–Trinajstić information content (AvgIpc) is 2.80. The lowest BCUT2D eigenvalue weighted by atomic mass is 10.2. The SMILES string of the molecule is Cc1c(C(=O)NCCC(C)N)cnn1-c1ccccc1Cl.Cl. The fourth-order valence-corrected chi connectivity index (χ4v) is 2.22. The summed E-state index contributed by atoms with van der Waals surface area (Å²) in [5, 5.41) is 7.69. The van der Waals surface area contributed by atoms with Crippen LogP contribution in [-0.4, -0.2) is 28.3 Å². The van der Waals surface area contributed by atoms with Crippen LogP contribution in [0.25, 0.3) is 5.69 Å². The number of carbonyl (C=O) groups is 1. The molecular weight excluding hydrogens is 323 g/mol. The minimum absolute atomic E-state index is 0. The van der Waals surface area contributed by atoms with Gasteiger partial charge in [0.15, 0.2) is 0 Å². The Hall–Kier alpha value is -1.56. The van der Waals surface area contributed by atoms with Gasteiger partial charge in [-0.05, 0) is 32.4 Å². The Morgan fingerprint density at radius 3 is 2.77 bits per heavy atom. The second-order valence-electron chi connectivity index (χ2n) is 5.03. The summed E-state index contributed by atoms with van der Waals surface area (Å²) in [7, 11) is 0. The van der Waals surface area contributed by atoms with Gasteiger partial charge in [-0.2, -0.15) is 5.10 Å². The highest BCUT2D eigenvalue weighted by Crippen LogP contribution is 2.21. The molecule has 7 heteroatoms. The van der Waals surface area contributed by atoms with Crippen molar-refractivity contribution >= 4 is 29.9 Å². The zero-order chi connectivity index (χ0) is 15.4. The topological polar surface area (TPSA) is 72.9 Å². The summed E-state index contributed by atoms with van der Waals surface area (Å²) < 4.78 is 1.67. The van der Waals surface area contributed by atoms with E-state index in [2.05, 4.69) is 10.4 Å². The molecule has 1 aromatic carbocycles. The van der Waals surface area contributed by atoms with Gasteiger partial charge in [0, 0.05) is 12.6 Å². The first-order chi connectivity index (χ1) is 10.0. The van der Waals surface area contributed by atoms with E-state index in [1.165, 1.54) is 0 Å². The molecule has 0 spiro atoms. The highest BCUT2D eigenvalue weighted by molar-refractivity contribution is 6.32. The van der Waals surface area contributed by atoms with Gasteiger partial charge < -0.3 is 11.1 Å².